The number of esters is 6. The molecule has 0 spiro atoms. The van der Waals surface area contributed by atoms with Crippen LogP contribution in [-0.4, -0.2) is 102 Å². The summed E-state index contributed by atoms with van der Waals surface area (Å²) in [6, 6.07) is 9.05. The van der Waals surface area contributed by atoms with E-state index in [4.69, 9.17) is 19.9 Å². The summed E-state index contributed by atoms with van der Waals surface area (Å²) in [5, 5.41) is 2.70. The minimum atomic E-state index is -1.16. The van der Waals surface area contributed by atoms with Gasteiger partial charge in [-0.25, -0.2) is 31.9 Å². The standard InChI is InChI=1S/C23H25F2NO6.C10H9FO.C8H12O5.C5H8FNO2/c1-4-31-23(29)21-17(11-32-12(2)27)26-16(10-24)20(22(28)30-3)19(21)14-6-5-7-15(25)18(14)13-8-9-13;11-9-3-1-2-8(6-12)10(9)7-4-5-7;1-3-12-8(11)4-7(10)5-13-6(2)9;1-9-5(8)2-4(7)3-6/h5-7,13,19,26H,4,8-11H2,1-3H3;1-3,6-7H,4-5H2;3-5H2,1-2H3;2H,3,7H2,1H3/b;;;4-2-. The van der Waals surface area contributed by atoms with Gasteiger partial charge in [-0.15, -0.1) is 0 Å². The van der Waals surface area contributed by atoms with Gasteiger partial charge in [0.05, 0.1) is 55.9 Å². The Morgan fingerprint density at radius 1 is 0.742 bits per heavy atom. The van der Waals surface area contributed by atoms with Crippen LogP contribution in [0, 0.1) is 11.6 Å². The number of nitrogens with two attached hydrogens (primary N) is 1. The number of aldehydes is 1. The minimum Gasteiger partial charge on any atom is -0.466 e. The lowest BCUT2D eigenvalue weighted by atomic mass is 9.77. The molecular formula is C46H54F4N2O14. The van der Waals surface area contributed by atoms with Gasteiger partial charge in [-0.1, -0.05) is 24.3 Å². The largest absolute Gasteiger partial charge is 0.466 e. The predicted molar refractivity (Wildman–Crippen MR) is 226 cm³/mol. The van der Waals surface area contributed by atoms with Gasteiger partial charge in [-0.05, 0) is 74.6 Å². The van der Waals surface area contributed by atoms with E-state index in [1.165, 1.54) is 39.2 Å². The monoisotopic (exact) mass is 934 g/mol. The molecule has 2 fully saturated rings. The molecule has 1 heterocycles. The summed E-state index contributed by atoms with van der Waals surface area (Å²) < 4.78 is 81.8. The lowest BCUT2D eigenvalue weighted by Crippen LogP contribution is -2.36. The van der Waals surface area contributed by atoms with Crippen LogP contribution in [-0.2, 0) is 62.0 Å². The van der Waals surface area contributed by atoms with Crippen LogP contribution in [0.4, 0.5) is 17.6 Å². The highest BCUT2D eigenvalue weighted by Gasteiger charge is 2.43. The van der Waals surface area contributed by atoms with Crippen LogP contribution in [0.25, 0.3) is 0 Å². The Hall–Kier alpha value is -6.86. The van der Waals surface area contributed by atoms with Crippen molar-refractivity contribution < 1.29 is 84.3 Å². The molecule has 2 aromatic carbocycles. The Morgan fingerprint density at radius 2 is 1.30 bits per heavy atom. The number of ether oxygens (including phenoxy) is 6. The summed E-state index contributed by atoms with van der Waals surface area (Å²) in [4.78, 5) is 89.8. The normalized spacial score (nSPS) is 15.1. The van der Waals surface area contributed by atoms with E-state index in [0.29, 0.717) is 28.2 Å². The summed E-state index contributed by atoms with van der Waals surface area (Å²) in [5.74, 6) is -6.16. The fourth-order valence-electron chi connectivity index (χ4n) is 6.24. The maximum absolute atomic E-state index is 14.9. The summed E-state index contributed by atoms with van der Waals surface area (Å²) in [6.07, 6.45) is 4.83. The number of ketones is 1. The van der Waals surface area contributed by atoms with Crippen molar-refractivity contribution in [3.05, 3.63) is 105 Å². The first-order valence-corrected chi connectivity index (χ1v) is 20.5. The number of carbonyl (C=O) groups is 8. The molecule has 0 saturated heterocycles. The number of rotatable bonds is 17. The topological polar surface area (TPSA) is 230 Å². The molecule has 0 amide bonds. The molecule has 360 valence electrons. The summed E-state index contributed by atoms with van der Waals surface area (Å²) >= 11 is 0. The highest BCUT2D eigenvalue weighted by Crippen LogP contribution is 2.49. The van der Waals surface area contributed by atoms with Gasteiger partial charge in [0.1, 0.15) is 44.3 Å². The number of hydrogen-bond acceptors (Lipinski definition) is 16. The van der Waals surface area contributed by atoms with Crippen molar-refractivity contribution in [2.45, 2.75) is 77.6 Å². The molecule has 2 saturated carbocycles. The maximum atomic E-state index is 14.9. The van der Waals surface area contributed by atoms with Gasteiger partial charge in [-0.2, -0.15) is 0 Å². The number of hydrogen-bond donors (Lipinski definition) is 2. The third-order valence-electron chi connectivity index (χ3n) is 9.31. The number of halogens is 4. The Labute approximate surface area is 378 Å². The van der Waals surface area contributed by atoms with Crippen molar-refractivity contribution >= 4 is 47.9 Å². The minimum absolute atomic E-state index is 0.0295. The molecule has 1 atom stereocenters. The van der Waals surface area contributed by atoms with E-state index in [1.807, 2.05) is 0 Å². The molecule has 20 heteroatoms. The van der Waals surface area contributed by atoms with E-state index in [1.54, 1.807) is 32.0 Å². The highest BCUT2D eigenvalue weighted by molar-refractivity contribution is 6.00. The number of methoxy groups -OCH3 is 2. The van der Waals surface area contributed by atoms with Crippen molar-refractivity contribution in [3.8, 4) is 0 Å². The molecule has 16 nitrogen and oxygen atoms in total. The average molecular weight is 935 g/mol. The molecule has 3 aliphatic rings. The van der Waals surface area contributed by atoms with Crippen molar-refractivity contribution in [2.75, 3.05) is 54.0 Å². The third-order valence-corrected chi connectivity index (χ3v) is 9.31. The van der Waals surface area contributed by atoms with Crippen LogP contribution in [0.3, 0.4) is 0 Å². The zero-order valence-electron chi connectivity index (χ0n) is 37.4. The zero-order chi connectivity index (χ0) is 49.5. The van der Waals surface area contributed by atoms with E-state index in [9.17, 15) is 55.9 Å². The van der Waals surface area contributed by atoms with Crippen LogP contribution in [0.5, 0.6) is 0 Å². The van der Waals surface area contributed by atoms with Gasteiger partial charge in [0.2, 0.25) is 0 Å². The van der Waals surface area contributed by atoms with E-state index >= 15 is 0 Å². The summed E-state index contributed by atoms with van der Waals surface area (Å²) in [5.41, 5.74) is 6.36. The number of benzene rings is 2. The Morgan fingerprint density at radius 3 is 1.80 bits per heavy atom. The molecular weight excluding hydrogens is 880 g/mol. The van der Waals surface area contributed by atoms with Crippen molar-refractivity contribution in [2.24, 2.45) is 5.73 Å². The lowest BCUT2D eigenvalue weighted by molar-refractivity contribution is -0.151. The third kappa shape index (κ3) is 17.6. The first-order valence-electron chi connectivity index (χ1n) is 20.5. The second-order valence-corrected chi connectivity index (χ2v) is 14.3. The fourth-order valence-corrected chi connectivity index (χ4v) is 6.24. The number of nitrogens with one attached hydrogen (secondary N) is 1. The average Bonchev–Trinajstić information content (AvgIpc) is 4.24. The second kappa shape index (κ2) is 28.1. The van der Waals surface area contributed by atoms with E-state index in [-0.39, 0.29) is 72.8 Å². The summed E-state index contributed by atoms with van der Waals surface area (Å²) in [6.45, 7) is 3.24. The highest BCUT2D eigenvalue weighted by atomic mass is 19.1. The molecule has 3 N–H and O–H groups in total. The molecule has 1 unspecified atom stereocenters. The van der Waals surface area contributed by atoms with E-state index in [0.717, 1.165) is 45.2 Å². The number of Topliss-reactive ketones (excluding diaryl/α,β-unsaturated/α-hetero) is 1. The molecule has 2 aromatic rings. The molecule has 0 bridgehead atoms. The van der Waals surface area contributed by atoms with Gasteiger partial charge in [0, 0.05) is 36.7 Å². The van der Waals surface area contributed by atoms with Crippen LogP contribution in [0.15, 0.2) is 70.7 Å². The maximum Gasteiger partial charge on any atom is 0.336 e. The number of allylic oxidation sites excluding steroid dienone is 2. The first kappa shape index (κ1) is 55.3. The lowest BCUT2D eigenvalue weighted by Gasteiger charge is -2.32. The molecule has 66 heavy (non-hydrogen) atoms. The van der Waals surface area contributed by atoms with Crippen molar-refractivity contribution in [1.82, 2.24) is 5.32 Å². The second-order valence-electron chi connectivity index (χ2n) is 14.3. The quantitative estimate of drug-likeness (QED) is 0.0482. The summed E-state index contributed by atoms with van der Waals surface area (Å²) in [7, 11) is 2.34. The Balaban J connectivity index is 0.000000359. The molecule has 0 radical (unpaired) electrons. The Kier molecular flexibility index (Phi) is 23.6. The van der Waals surface area contributed by atoms with Gasteiger partial charge >= 0.3 is 35.8 Å². The van der Waals surface area contributed by atoms with E-state index < -0.39 is 66.7 Å². The first-order chi connectivity index (χ1) is 31.4. The zero-order valence-corrected chi connectivity index (χ0v) is 37.4. The van der Waals surface area contributed by atoms with Gasteiger partial charge in [0.25, 0.3) is 0 Å². The molecule has 2 aliphatic carbocycles. The van der Waals surface area contributed by atoms with Crippen molar-refractivity contribution in [1.29, 1.82) is 0 Å². The van der Waals surface area contributed by atoms with Crippen molar-refractivity contribution in [3.63, 3.8) is 0 Å². The molecule has 1 aliphatic heterocycles. The fraction of sp³-hybridized carbons (Fsp3) is 0.435. The van der Waals surface area contributed by atoms with Crippen LogP contribution >= 0.6 is 0 Å². The predicted octanol–water partition coefficient (Wildman–Crippen LogP) is 5.73. The van der Waals surface area contributed by atoms with Crippen LogP contribution < -0.4 is 11.1 Å². The number of alkyl halides is 2. The smallest absolute Gasteiger partial charge is 0.336 e. The molecule has 0 aromatic heterocycles. The molecule has 5 rings (SSSR count). The number of carbonyl (C=O) groups excluding carboxylic acids is 8. The van der Waals surface area contributed by atoms with Gasteiger partial charge in [-0.3, -0.25) is 24.0 Å². The van der Waals surface area contributed by atoms with Crippen LogP contribution in [0.2, 0.25) is 0 Å². The van der Waals surface area contributed by atoms with Gasteiger partial charge in [0.15, 0.2) is 12.4 Å². The SMILES string of the molecule is CCOC(=O)C1=C(COC(C)=O)NC(CF)=C(C(=O)OC)C1c1cccc(F)c1C1CC1.CCOC(=O)CC(=O)COC(C)=O.COC(=O)/C=C(\N)CF.O=Cc1cccc(F)c1C1CC1. The van der Waals surface area contributed by atoms with Crippen LogP contribution in [0.1, 0.15) is 105 Å². The Bertz CT molecular complexity index is 2180. The van der Waals surface area contributed by atoms with Gasteiger partial charge < -0.3 is 39.5 Å². The number of dihydropyridines is 1. The van der Waals surface area contributed by atoms with E-state index in [2.05, 4.69) is 19.5 Å².